The van der Waals surface area contributed by atoms with E-state index in [0.717, 1.165) is 61.4 Å². The summed E-state index contributed by atoms with van der Waals surface area (Å²) in [6.07, 6.45) is 7.22. The van der Waals surface area contributed by atoms with Crippen LogP contribution in [0.15, 0.2) is 16.8 Å². The number of anilines is 1. The molecule has 2 unspecified atom stereocenters. The van der Waals surface area contributed by atoms with E-state index in [4.69, 9.17) is 9.51 Å². The lowest BCUT2D eigenvalue weighted by molar-refractivity contribution is -0.122. The van der Waals surface area contributed by atoms with Crippen LogP contribution in [0, 0.1) is 24.7 Å². The fraction of sp³-hybridized carbons (Fsp3) is 0.636. The molecule has 1 amide bonds. The molecular weight excluding hydrogens is 366 g/mol. The lowest BCUT2D eigenvalue weighted by Crippen LogP contribution is -2.32. The van der Waals surface area contributed by atoms with Crippen molar-refractivity contribution in [1.29, 1.82) is 0 Å². The van der Waals surface area contributed by atoms with Crippen LogP contribution in [-0.4, -0.2) is 41.7 Å². The summed E-state index contributed by atoms with van der Waals surface area (Å²) in [6.45, 7) is 4.87. The lowest BCUT2D eigenvalue weighted by Gasteiger charge is -2.29. The molecule has 2 aliphatic carbocycles. The molecule has 1 N–H and O–H groups in total. The predicted octanol–water partition coefficient (Wildman–Crippen LogP) is 3.55. The molecule has 0 spiro atoms. The van der Waals surface area contributed by atoms with Gasteiger partial charge in [0.1, 0.15) is 0 Å². The Bertz CT molecular complexity index is 870. The summed E-state index contributed by atoms with van der Waals surface area (Å²) >= 11 is 0. The van der Waals surface area contributed by atoms with Gasteiger partial charge in [0.25, 0.3) is 0 Å². The molecule has 2 fully saturated rings. The minimum absolute atomic E-state index is 0.244. The highest BCUT2D eigenvalue weighted by molar-refractivity contribution is 5.81. The van der Waals surface area contributed by atoms with Crippen molar-refractivity contribution in [2.24, 2.45) is 17.8 Å². The molecule has 0 aromatic carbocycles. The van der Waals surface area contributed by atoms with E-state index in [-0.39, 0.29) is 11.8 Å². The Labute approximate surface area is 172 Å². The molecular formula is C22H31N5O2. The Hall–Kier alpha value is -2.44. The van der Waals surface area contributed by atoms with Gasteiger partial charge in [-0.1, -0.05) is 12.1 Å². The van der Waals surface area contributed by atoms with Crippen molar-refractivity contribution in [3.8, 4) is 11.3 Å². The number of aromatic nitrogens is 3. The first kappa shape index (κ1) is 19.9. The molecule has 4 rings (SSSR count). The summed E-state index contributed by atoms with van der Waals surface area (Å²) in [7, 11) is 3.91. The highest BCUT2D eigenvalue weighted by atomic mass is 16.5. The molecule has 0 bridgehead atoms. The standard InChI is InChI=1S/C22H31N5O2/c1-13-9-17(13)21(28)23-11-15-5-7-16(8-6-15)20-18(19-10-14(2)26-29-19)12-24-22(25-20)27(3)4/h10,12-13,15-17H,5-9,11H2,1-4H3,(H,23,28). The number of nitrogens with zero attached hydrogens (tertiary/aromatic N) is 4. The number of carbonyl (C=O) groups excluding carboxylic acids is 1. The van der Waals surface area contributed by atoms with Crippen LogP contribution in [0.5, 0.6) is 0 Å². The summed E-state index contributed by atoms with van der Waals surface area (Å²) < 4.78 is 5.51. The first-order valence-corrected chi connectivity index (χ1v) is 10.7. The van der Waals surface area contributed by atoms with Crippen LogP contribution in [0.4, 0.5) is 5.95 Å². The predicted molar refractivity (Wildman–Crippen MR) is 112 cm³/mol. The quantitative estimate of drug-likeness (QED) is 0.802. The van der Waals surface area contributed by atoms with Crippen molar-refractivity contribution in [2.75, 3.05) is 25.5 Å². The van der Waals surface area contributed by atoms with Crippen molar-refractivity contribution in [3.63, 3.8) is 0 Å². The van der Waals surface area contributed by atoms with Crippen LogP contribution in [0.25, 0.3) is 11.3 Å². The van der Waals surface area contributed by atoms with Gasteiger partial charge in [0.2, 0.25) is 11.9 Å². The summed E-state index contributed by atoms with van der Waals surface area (Å²) in [5.74, 6) is 3.43. The summed E-state index contributed by atoms with van der Waals surface area (Å²) in [5, 5.41) is 7.20. The van der Waals surface area contributed by atoms with E-state index < -0.39 is 0 Å². The zero-order valence-corrected chi connectivity index (χ0v) is 17.8. The summed E-state index contributed by atoms with van der Waals surface area (Å²) in [4.78, 5) is 23.4. The Kier molecular flexibility index (Phi) is 5.56. The van der Waals surface area contributed by atoms with E-state index in [1.165, 1.54) is 0 Å². The number of carbonyl (C=O) groups is 1. The van der Waals surface area contributed by atoms with Crippen molar-refractivity contribution in [1.82, 2.24) is 20.4 Å². The maximum atomic E-state index is 12.1. The number of aryl methyl sites for hydroxylation is 1. The molecule has 2 aliphatic rings. The molecule has 29 heavy (non-hydrogen) atoms. The van der Waals surface area contributed by atoms with Crippen LogP contribution < -0.4 is 10.2 Å². The lowest BCUT2D eigenvalue weighted by atomic mass is 9.79. The van der Waals surface area contributed by atoms with Gasteiger partial charge in [-0.2, -0.15) is 0 Å². The number of hydrogen-bond donors (Lipinski definition) is 1. The maximum Gasteiger partial charge on any atom is 0.225 e. The van der Waals surface area contributed by atoms with Crippen LogP contribution in [-0.2, 0) is 4.79 Å². The van der Waals surface area contributed by atoms with Crippen molar-refractivity contribution >= 4 is 11.9 Å². The van der Waals surface area contributed by atoms with E-state index in [9.17, 15) is 4.79 Å². The Balaban J connectivity index is 1.44. The van der Waals surface area contributed by atoms with Crippen molar-refractivity contribution in [2.45, 2.75) is 51.9 Å². The van der Waals surface area contributed by atoms with Gasteiger partial charge in [-0.25, -0.2) is 9.97 Å². The van der Waals surface area contributed by atoms with Crippen LogP contribution in [0.1, 0.15) is 56.3 Å². The molecule has 0 aliphatic heterocycles. The van der Waals surface area contributed by atoms with E-state index in [1.54, 1.807) is 0 Å². The van der Waals surface area contributed by atoms with E-state index in [1.807, 2.05) is 38.2 Å². The Morgan fingerprint density at radius 3 is 2.59 bits per heavy atom. The Morgan fingerprint density at radius 1 is 1.28 bits per heavy atom. The molecule has 2 aromatic rings. The number of amides is 1. The average molecular weight is 398 g/mol. The van der Waals surface area contributed by atoms with E-state index >= 15 is 0 Å². The molecule has 156 valence electrons. The van der Waals surface area contributed by atoms with Gasteiger partial charge in [-0.15, -0.1) is 0 Å². The summed E-state index contributed by atoms with van der Waals surface area (Å²) in [5.41, 5.74) is 2.84. The second-order valence-corrected chi connectivity index (χ2v) is 8.98. The van der Waals surface area contributed by atoms with Gasteiger partial charge in [0, 0.05) is 44.7 Å². The smallest absolute Gasteiger partial charge is 0.225 e. The third-order valence-electron chi connectivity index (χ3n) is 6.34. The molecule has 2 heterocycles. The fourth-order valence-electron chi connectivity index (χ4n) is 4.30. The van der Waals surface area contributed by atoms with Crippen molar-refractivity contribution < 1.29 is 9.32 Å². The van der Waals surface area contributed by atoms with Crippen molar-refractivity contribution in [3.05, 3.63) is 23.7 Å². The number of hydrogen-bond acceptors (Lipinski definition) is 6. The molecule has 2 aromatic heterocycles. The minimum atomic E-state index is 0.244. The third-order valence-corrected chi connectivity index (χ3v) is 6.34. The summed E-state index contributed by atoms with van der Waals surface area (Å²) in [6, 6.07) is 1.94. The zero-order chi connectivity index (χ0) is 20.5. The topological polar surface area (TPSA) is 84.2 Å². The highest BCUT2D eigenvalue weighted by Gasteiger charge is 2.39. The SMILES string of the molecule is Cc1cc(-c2cnc(N(C)C)nc2C2CCC(CNC(=O)C3CC3C)CC2)on1. The largest absolute Gasteiger partial charge is 0.356 e. The Morgan fingerprint density at radius 2 is 2.00 bits per heavy atom. The van der Waals surface area contributed by atoms with Gasteiger partial charge in [-0.3, -0.25) is 4.79 Å². The molecule has 0 radical (unpaired) electrons. The molecule has 2 atom stereocenters. The van der Waals surface area contributed by atoms with Gasteiger partial charge in [-0.05, 0) is 50.9 Å². The average Bonchev–Trinajstić information content (AvgIpc) is 3.30. The third kappa shape index (κ3) is 4.43. The molecule has 7 heteroatoms. The van der Waals surface area contributed by atoms with Gasteiger partial charge in [0.15, 0.2) is 5.76 Å². The van der Waals surface area contributed by atoms with Gasteiger partial charge < -0.3 is 14.7 Å². The second-order valence-electron chi connectivity index (χ2n) is 8.98. The van der Waals surface area contributed by atoms with Crippen LogP contribution >= 0.6 is 0 Å². The van der Waals surface area contributed by atoms with Crippen LogP contribution in [0.3, 0.4) is 0 Å². The van der Waals surface area contributed by atoms with Gasteiger partial charge >= 0.3 is 0 Å². The van der Waals surface area contributed by atoms with E-state index in [0.29, 0.717) is 23.7 Å². The number of rotatable bonds is 6. The second kappa shape index (κ2) is 8.13. The van der Waals surface area contributed by atoms with Crippen LogP contribution in [0.2, 0.25) is 0 Å². The maximum absolute atomic E-state index is 12.1. The van der Waals surface area contributed by atoms with Gasteiger partial charge in [0.05, 0.1) is 17.0 Å². The molecule has 0 saturated heterocycles. The zero-order valence-electron chi connectivity index (χ0n) is 17.8. The molecule has 7 nitrogen and oxygen atoms in total. The van der Waals surface area contributed by atoms with E-state index in [2.05, 4.69) is 22.4 Å². The molecule has 2 saturated carbocycles. The highest BCUT2D eigenvalue weighted by Crippen LogP contribution is 2.40. The monoisotopic (exact) mass is 397 g/mol. The fourth-order valence-corrected chi connectivity index (χ4v) is 4.30. The first-order chi connectivity index (χ1) is 13.9. The minimum Gasteiger partial charge on any atom is -0.356 e. The first-order valence-electron chi connectivity index (χ1n) is 10.7. The number of nitrogens with one attached hydrogen (secondary N) is 1. The normalized spacial score (nSPS) is 26.2.